The van der Waals surface area contributed by atoms with Gasteiger partial charge in [0.05, 0.1) is 16.5 Å². The Kier molecular flexibility index (Phi) is 5.60. The molecule has 0 saturated heterocycles. The SMILES string of the molecule is O=C(O)Cc1ccc(NC(=S)Nc2ccc(Cl)c(Cl)c2)cc1. The van der Waals surface area contributed by atoms with Crippen LogP contribution in [0.1, 0.15) is 5.56 Å². The molecule has 2 aromatic rings. The van der Waals surface area contributed by atoms with Gasteiger partial charge in [-0.2, -0.15) is 0 Å². The van der Waals surface area contributed by atoms with E-state index in [1.807, 2.05) is 0 Å². The largest absolute Gasteiger partial charge is 0.481 e. The number of rotatable bonds is 4. The molecule has 3 N–H and O–H groups in total. The zero-order chi connectivity index (χ0) is 16.1. The number of carboxylic acids is 1. The average Bonchev–Trinajstić information content (AvgIpc) is 2.44. The van der Waals surface area contributed by atoms with Crippen molar-refractivity contribution in [2.45, 2.75) is 6.42 Å². The van der Waals surface area contributed by atoms with E-state index in [4.69, 9.17) is 40.5 Å². The molecule has 0 atom stereocenters. The van der Waals surface area contributed by atoms with Crippen molar-refractivity contribution in [3.63, 3.8) is 0 Å². The molecule has 0 amide bonds. The van der Waals surface area contributed by atoms with Gasteiger partial charge < -0.3 is 15.7 Å². The van der Waals surface area contributed by atoms with Crippen LogP contribution in [0.3, 0.4) is 0 Å². The quantitative estimate of drug-likeness (QED) is 0.709. The Bertz CT molecular complexity index is 705. The van der Waals surface area contributed by atoms with Crippen molar-refractivity contribution in [3.8, 4) is 0 Å². The Hall–Kier alpha value is -1.82. The lowest BCUT2D eigenvalue weighted by Gasteiger charge is -2.11. The second-order valence-corrected chi connectivity index (χ2v) is 5.70. The van der Waals surface area contributed by atoms with Crippen LogP contribution in [0.2, 0.25) is 10.0 Å². The number of halogens is 2. The van der Waals surface area contributed by atoms with E-state index >= 15 is 0 Å². The van der Waals surface area contributed by atoms with Crippen molar-refractivity contribution in [1.82, 2.24) is 0 Å². The van der Waals surface area contributed by atoms with Crippen LogP contribution < -0.4 is 10.6 Å². The standard InChI is InChI=1S/C15H12Cl2N2O2S/c16-12-6-5-11(8-13(12)17)19-15(22)18-10-3-1-9(2-4-10)7-14(20)21/h1-6,8H,7H2,(H,20,21)(H2,18,19,22). The molecule has 0 radical (unpaired) electrons. The van der Waals surface area contributed by atoms with Crippen LogP contribution in [-0.2, 0) is 11.2 Å². The molecule has 0 heterocycles. The number of nitrogens with one attached hydrogen (secondary N) is 2. The van der Waals surface area contributed by atoms with Crippen LogP contribution in [0, 0.1) is 0 Å². The van der Waals surface area contributed by atoms with Crippen molar-refractivity contribution < 1.29 is 9.90 Å². The topological polar surface area (TPSA) is 61.4 Å². The van der Waals surface area contributed by atoms with Gasteiger partial charge in [-0.05, 0) is 48.1 Å². The number of aliphatic carboxylic acids is 1. The first-order valence-electron chi connectivity index (χ1n) is 6.28. The van der Waals surface area contributed by atoms with E-state index in [-0.39, 0.29) is 6.42 Å². The summed E-state index contributed by atoms with van der Waals surface area (Å²) in [4.78, 5) is 10.6. The predicted molar refractivity (Wildman–Crippen MR) is 94.1 cm³/mol. The van der Waals surface area contributed by atoms with Gasteiger partial charge in [0.1, 0.15) is 0 Å². The molecule has 114 valence electrons. The van der Waals surface area contributed by atoms with Gasteiger partial charge in [-0.15, -0.1) is 0 Å². The van der Waals surface area contributed by atoms with Crippen LogP contribution in [0.4, 0.5) is 11.4 Å². The van der Waals surface area contributed by atoms with Gasteiger partial charge in [0.15, 0.2) is 5.11 Å². The fourth-order valence-corrected chi connectivity index (χ4v) is 2.28. The second kappa shape index (κ2) is 7.45. The Balaban J connectivity index is 1.96. The minimum atomic E-state index is -0.863. The highest BCUT2D eigenvalue weighted by atomic mass is 35.5. The minimum Gasteiger partial charge on any atom is -0.481 e. The van der Waals surface area contributed by atoms with Gasteiger partial charge in [0.2, 0.25) is 0 Å². The molecular weight excluding hydrogens is 343 g/mol. The van der Waals surface area contributed by atoms with Gasteiger partial charge in [-0.25, -0.2) is 0 Å². The van der Waals surface area contributed by atoms with E-state index in [1.54, 1.807) is 42.5 Å². The molecular formula is C15H12Cl2N2O2S. The maximum Gasteiger partial charge on any atom is 0.307 e. The molecule has 0 aromatic heterocycles. The maximum atomic E-state index is 10.6. The van der Waals surface area contributed by atoms with Crippen LogP contribution in [0.25, 0.3) is 0 Å². The first-order valence-corrected chi connectivity index (χ1v) is 7.44. The Labute approximate surface area is 143 Å². The minimum absolute atomic E-state index is 0.00769. The van der Waals surface area contributed by atoms with Crippen LogP contribution in [0.15, 0.2) is 42.5 Å². The number of anilines is 2. The fraction of sp³-hybridized carbons (Fsp3) is 0.0667. The fourth-order valence-electron chi connectivity index (χ4n) is 1.75. The second-order valence-electron chi connectivity index (χ2n) is 4.48. The summed E-state index contributed by atoms with van der Waals surface area (Å²) in [5.74, 6) is -0.863. The molecule has 2 rings (SSSR count). The summed E-state index contributed by atoms with van der Waals surface area (Å²) in [5.41, 5.74) is 2.20. The highest BCUT2D eigenvalue weighted by molar-refractivity contribution is 7.80. The molecule has 0 aliphatic heterocycles. The molecule has 0 aliphatic rings. The van der Waals surface area contributed by atoms with Crippen molar-refractivity contribution in [2.75, 3.05) is 10.6 Å². The summed E-state index contributed by atoms with van der Waals surface area (Å²) in [6.45, 7) is 0. The number of hydrogen-bond acceptors (Lipinski definition) is 2. The molecule has 2 aromatic carbocycles. The maximum absolute atomic E-state index is 10.6. The lowest BCUT2D eigenvalue weighted by molar-refractivity contribution is -0.136. The molecule has 0 unspecified atom stereocenters. The number of hydrogen-bond donors (Lipinski definition) is 3. The summed E-state index contributed by atoms with van der Waals surface area (Å²) in [7, 11) is 0. The third kappa shape index (κ3) is 4.87. The molecule has 0 saturated carbocycles. The van der Waals surface area contributed by atoms with Crippen LogP contribution in [0.5, 0.6) is 0 Å². The highest BCUT2D eigenvalue weighted by Crippen LogP contribution is 2.25. The smallest absolute Gasteiger partial charge is 0.307 e. The predicted octanol–water partition coefficient (Wildman–Crippen LogP) is 4.43. The summed E-state index contributed by atoms with van der Waals surface area (Å²) >= 11 is 17.0. The molecule has 0 aliphatic carbocycles. The Morgan fingerprint density at radius 3 is 2.18 bits per heavy atom. The summed E-state index contributed by atoms with van der Waals surface area (Å²) in [6.07, 6.45) is -0.00769. The van der Waals surface area contributed by atoms with Crippen molar-refractivity contribution >= 4 is 57.9 Å². The zero-order valence-corrected chi connectivity index (χ0v) is 13.6. The highest BCUT2D eigenvalue weighted by Gasteiger charge is 2.03. The lowest BCUT2D eigenvalue weighted by atomic mass is 10.1. The number of carbonyl (C=O) groups is 1. The van der Waals surface area contributed by atoms with E-state index in [0.717, 1.165) is 16.9 Å². The number of benzene rings is 2. The summed E-state index contributed by atoms with van der Waals surface area (Å²) in [5, 5.41) is 16.0. The van der Waals surface area contributed by atoms with Gasteiger partial charge in [0, 0.05) is 11.4 Å². The van der Waals surface area contributed by atoms with Crippen LogP contribution in [-0.4, -0.2) is 16.2 Å². The number of carboxylic acid groups (broad SMARTS) is 1. The van der Waals surface area contributed by atoms with Gasteiger partial charge in [-0.1, -0.05) is 35.3 Å². The lowest BCUT2D eigenvalue weighted by Crippen LogP contribution is -2.19. The molecule has 0 bridgehead atoms. The van der Waals surface area contributed by atoms with E-state index in [9.17, 15) is 4.79 Å². The van der Waals surface area contributed by atoms with E-state index in [2.05, 4.69) is 10.6 Å². The average molecular weight is 355 g/mol. The first-order chi connectivity index (χ1) is 10.4. The molecule has 7 heteroatoms. The summed E-state index contributed by atoms with van der Waals surface area (Å²) in [6, 6.07) is 12.1. The third-order valence-electron chi connectivity index (χ3n) is 2.74. The molecule has 22 heavy (non-hydrogen) atoms. The molecule has 0 fully saturated rings. The Morgan fingerprint density at radius 2 is 1.59 bits per heavy atom. The number of thiocarbonyl (C=S) groups is 1. The monoisotopic (exact) mass is 354 g/mol. The van der Waals surface area contributed by atoms with E-state index < -0.39 is 5.97 Å². The van der Waals surface area contributed by atoms with Gasteiger partial charge in [-0.3, -0.25) is 4.79 Å². The van der Waals surface area contributed by atoms with Crippen molar-refractivity contribution in [2.24, 2.45) is 0 Å². The zero-order valence-electron chi connectivity index (χ0n) is 11.3. The van der Waals surface area contributed by atoms with Crippen LogP contribution >= 0.6 is 35.4 Å². The van der Waals surface area contributed by atoms with Gasteiger partial charge in [0.25, 0.3) is 0 Å². The first kappa shape index (κ1) is 16.5. The van der Waals surface area contributed by atoms with E-state index in [0.29, 0.717) is 15.2 Å². The summed E-state index contributed by atoms with van der Waals surface area (Å²) < 4.78 is 0. The molecule has 0 spiro atoms. The van der Waals surface area contributed by atoms with Crippen molar-refractivity contribution in [1.29, 1.82) is 0 Å². The Morgan fingerprint density at radius 1 is 1.00 bits per heavy atom. The normalized spacial score (nSPS) is 10.1. The van der Waals surface area contributed by atoms with Crippen molar-refractivity contribution in [3.05, 3.63) is 58.1 Å². The molecule has 4 nitrogen and oxygen atoms in total. The van der Waals surface area contributed by atoms with E-state index in [1.165, 1.54) is 0 Å². The van der Waals surface area contributed by atoms with Gasteiger partial charge >= 0.3 is 5.97 Å². The third-order valence-corrected chi connectivity index (χ3v) is 3.69.